The van der Waals surface area contributed by atoms with Gasteiger partial charge in [-0.1, -0.05) is 0 Å². The number of carboxylic acid groups (broad SMARTS) is 1. The lowest BCUT2D eigenvalue weighted by molar-refractivity contribution is -0.141. The van der Waals surface area contributed by atoms with Gasteiger partial charge in [0.15, 0.2) is 6.04 Å². The van der Waals surface area contributed by atoms with Gasteiger partial charge in [-0.2, -0.15) is 0 Å². The van der Waals surface area contributed by atoms with Crippen LogP contribution in [-0.2, 0) is 15.6 Å². The molecule has 7 nitrogen and oxygen atoms in total. The Hall–Kier alpha value is -1.15. The first-order chi connectivity index (χ1) is 7.75. The molecule has 0 aliphatic rings. The van der Waals surface area contributed by atoms with Crippen LogP contribution in [0.5, 0.6) is 0 Å². The molecule has 0 radical (unpaired) electrons. The highest BCUT2D eigenvalue weighted by molar-refractivity contribution is 7.84. The van der Waals surface area contributed by atoms with Crippen molar-refractivity contribution in [2.45, 2.75) is 31.2 Å². The second kappa shape index (κ2) is 7.23. The zero-order valence-corrected chi connectivity index (χ0v) is 10.8. The molecule has 100 valence electrons. The van der Waals surface area contributed by atoms with E-state index in [1.165, 1.54) is 13.2 Å². The normalized spacial score (nSPS) is 17.6. The fourth-order valence-corrected chi connectivity index (χ4v) is 1.25. The van der Waals surface area contributed by atoms with Crippen molar-refractivity contribution in [2.75, 3.05) is 12.8 Å². The lowest BCUT2D eigenvalue weighted by atomic mass is 10.2. The second-order valence-corrected chi connectivity index (χ2v) is 5.52. The number of aliphatic hydroxyl groups excluding tert-OH is 1. The van der Waals surface area contributed by atoms with E-state index in [1.807, 2.05) is 0 Å². The van der Waals surface area contributed by atoms with Gasteiger partial charge in [0.1, 0.15) is 0 Å². The van der Waals surface area contributed by atoms with Crippen molar-refractivity contribution in [3.63, 3.8) is 0 Å². The molecule has 17 heavy (non-hydrogen) atoms. The summed E-state index contributed by atoms with van der Waals surface area (Å²) < 4.78 is 11.0. The zero-order valence-electron chi connectivity index (χ0n) is 9.97. The molecule has 0 aromatic heterocycles. The fraction of sp³-hybridized carbons (Fsp3) is 0.778. The van der Waals surface area contributed by atoms with Gasteiger partial charge in [0.25, 0.3) is 0 Å². The van der Waals surface area contributed by atoms with E-state index in [4.69, 9.17) is 10.2 Å². The van der Waals surface area contributed by atoms with Crippen LogP contribution in [0.3, 0.4) is 0 Å². The molecule has 0 bridgehead atoms. The lowest BCUT2D eigenvalue weighted by Gasteiger charge is -2.18. The Labute approximate surface area is 102 Å². The highest BCUT2D eigenvalue weighted by Crippen LogP contribution is 1.93. The van der Waals surface area contributed by atoms with Crippen LogP contribution < -0.4 is 10.6 Å². The summed E-state index contributed by atoms with van der Waals surface area (Å²) in [5.74, 6) is -1.32. The molecular formula is C9H18N2O5S. The van der Waals surface area contributed by atoms with E-state index in [1.54, 1.807) is 6.92 Å². The van der Waals surface area contributed by atoms with Gasteiger partial charge in [-0.15, -0.1) is 0 Å². The number of amides is 2. The van der Waals surface area contributed by atoms with Gasteiger partial charge in [0, 0.05) is 28.9 Å². The van der Waals surface area contributed by atoms with Crippen molar-refractivity contribution in [3.05, 3.63) is 0 Å². The predicted octanol–water partition coefficient (Wildman–Crippen LogP) is -1.11. The van der Waals surface area contributed by atoms with Crippen LogP contribution in [0.15, 0.2) is 0 Å². The summed E-state index contributed by atoms with van der Waals surface area (Å²) in [6.07, 6.45) is 0.316. The summed E-state index contributed by atoms with van der Waals surface area (Å²) in [5.41, 5.74) is 0. The smallest absolute Gasteiger partial charge is 0.328 e. The highest BCUT2D eigenvalue weighted by atomic mass is 32.2. The molecule has 0 heterocycles. The van der Waals surface area contributed by atoms with Crippen molar-refractivity contribution in [2.24, 2.45) is 0 Å². The zero-order chi connectivity index (χ0) is 13.6. The molecule has 0 spiro atoms. The number of rotatable bonds is 6. The average molecular weight is 266 g/mol. The number of hydrogen-bond acceptors (Lipinski definition) is 4. The molecule has 4 atom stereocenters. The van der Waals surface area contributed by atoms with Crippen molar-refractivity contribution in [3.8, 4) is 0 Å². The van der Waals surface area contributed by atoms with E-state index in [0.717, 1.165) is 0 Å². The third kappa shape index (κ3) is 6.22. The number of nitrogens with one attached hydrogen (secondary N) is 2. The third-order valence-electron chi connectivity index (χ3n) is 2.15. The molecule has 2 amide bonds. The molecular weight excluding hydrogens is 248 g/mol. The number of carboxylic acids is 1. The largest absolute Gasteiger partial charge is 0.480 e. The summed E-state index contributed by atoms with van der Waals surface area (Å²) in [4.78, 5) is 22.0. The van der Waals surface area contributed by atoms with E-state index in [2.05, 4.69) is 10.6 Å². The first-order valence-corrected chi connectivity index (χ1v) is 6.65. The van der Waals surface area contributed by atoms with Crippen molar-refractivity contribution in [1.29, 1.82) is 0 Å². The van der Waals surface area contributed by atoms with Gasteiger partial charge >= 0.3 is 12.0 Å². The molecule has 0 fully saturated rings. The first-order valence-electron chi connectivity index (χ1n) is 5.03. The molecule has 4 unspecified atom stereocenters. The second-order valence-electron chi connectivity index (χ2n) is 3.72. The van der Waals surface area contributed by atoms with Crippen LogP contribution in [0.4, 0.5) is 4.79 Å². The summed E-state index contributed by atoms with van der Waals surface area (Å²) in [7, 11) is -1.07. The van der Waals surface area contributed by atoms with Gasteiger partial charge in [0.05, 0.1) is 6.10 Å². The lowest BCUT2D eigenvalue weighted by Crippen LogP contribution is -2.52. The molecule has 0 saturated heterocycles. The number of aliphatic carboxylic acids is 1. The van der Waals surface area contributed by atoms with Crippen LogP contribution in [0.2, 0.25) is 0 Å². The highest BCUT2D eigenvalue weighted by Gasteiger charge is 2.24. The SMILES string of the molecule is CC(O)C(NC(=O)NCC(C)S(C)=O)C(=O)O. The molecule has 0 aliphatic carbocycles. The summed E-state index contributed by atoms with van der Waals surface area (Å²) in [5, 5.41) is 22.1. The van der Waals surface area contributed by atoms with Crippen LogP contribution in [0, 0.1) is 0 Å². The van der Waals surface area contributed by atoms with Crippen LogP contribution >= 0.6 is 0 Å². The van der Waals surface area contributed by atoms with E-state index in [0.29, 0.717) is 0 Å². The molecule has 0 rings (SSSR count). The molecule has 8 heteroatoms. The first kappa shape index (κ1) is 15.9. The topological polar surface area (TPSA) is 116 Å². The minimum Gasteiger partial charge on any atom is -0.480 e. The Morgan fingerprint density at radius 1 is 1.35 bits per heavy atom. The Balaban J connectivity index is 4.16. The summed E-state index contributed by atoms with van der Waals surface area (Å²) in [6.45, 7) is 3.13. The van der Waals surface area contributed by atoms with E-state index in [9.17, 15) is 13.8 Å². The maximum atomic E-state index is 11.3. The molecule has 0 saturated carbocycles. The Bertz CT molecular complexity index is 308. The molecule has 0 aliphatic heterocycles. The number of carbonyl (C=O) groups is 2. The van der Waals surface area contributed by atoms with Crippen LogP contribution in [0.1, 0.15) is 13.8 Å². The number of urea groups is 1. The van der Waals surface area contributed by atoms with Crippen LogP contribution in [0.25, 0.3) is 0 Å². The number of hydrogen-bond donors (Lipinski definition) is 4. The summed E-state index contributed by atoms with van der Waals surface area (Å²) in [6, 6.07) is -2.08. The molecule has 0 aromatic carbocycles. The summed E-state index contributed by atoms with van der Waals surface area (Å²) >= 11 is 0. The van der Waals surface area contributed by atoms with Gasteiger partial charge in [-0.3, -0.25) is 4.21 Å². The van der Waals surface area contributed by atoms with E-state index in [-0.39, 0.29) is 11.8 Å². The average Bonchev–Trinajstić information content (AvgIpc) is 2.21. The van der Waals surface area contributed by atoms with Crippen LogP contribution in [-0.4, -0.2) is 56.6 Å². The van der Waals surface area contributed by atoms with E-state index < -0.39 is 34.9 Å². The molecule has 4 N–H and O–H groups in total. The minimum absolute atomic E-state index is 0.168. The standard InChI is InChI=1S/C9H18N2O5S/c1-5(17(3)16)4-10-9(15)11-7(6(2)12)8(13)14/h5-7,12H,4H2,1-3H3,(H,13,14)(H2,10,11,15). The van der Waals surface area contributed by atoms with E-state index >= 15 is 0 Å². The Kier molecular flexibility index (Phi) is 6.74. The maximum absolute atomic E-state index is 11.3. The monoisotopic (exact) mass is 266 g/mol. The van der Waals surface area contributed by atoms with Gasteiger partial charge in [-0.05, 0) is 13.8 Å². The Morgan fingerprint density at radius 3 is 2.24 bits per heavy atom. The quantitative estimate of drug-likeness (QED) is 0.486. The van der Waals surface area contributed by atoms with Crippen molar-refractivity contribution < 1.29 is 24.0 Å². The predicted molar refractivity (Wildman–Crippen MR) is 63.2 cm³/mol. The van der Waals surface area contributed by atoms with Crippen molar-refractivity contribution >= 4 is 22.8 Å². The maximum Gasteiger partial charge on any atom is 0.328 e. The number of aliphatic hydroxyl groups is 1. The van der Waals surface area contributed by atoms with Gasteiger partial charge in [0.2, 0.25) is 0 Å². The molecule has 0 aromatic rings. The van der Waals surface area contributed by atoms with Gasteiger partial charge < -0.3 is 20.8 Å². The Morgan fingerprint density at radius 2 is 1.88 bits per heavy atom. The third-order valence-corrected chi connectivity index (χ3v) is 3.45. The minimum atomic E-state index is -1.36. The van der Waals surface area contributed by atoms with Crippen molar-refractivity contribution in [1.82, 2.24) is 10.6 Å². The number of carbonyl (C=O) groups excluding carboxylic acids is 1. The fourth-order valence-electron chi connectivity index (χ4n) is 0.935. The van der Waals surface area contributed by atoms with Gasteiger partial charge in [-0.25, -0.2) is 9.59 Å².